The van der Waals surface area contributed by atoms with Crippen LogP contribution >= 0.6 is 11.6 Å². The van der Waals surface area contributed by atoms with Gasteiger partial charge in [-0.2, -0.15) is 0 Å². The molecular formula is C29H36ClN5O4. The van der Waals surface area contributed by atoms with Crippen molar-refractivity contribution in [2.45, 2.75) is 52.0 Å². The molecule has 5 N–H and O–H groups in total. The number of fused-ring (bicyclic) bond motifs is 3. The van der Waals surface area contributed by atoms with Gasteiger partial charge in [-0.05, 0) is 55.5 Å². The lowest BCUT2D eigenvalue weighted by molar-refractivity contribution is -0.118. The van der Waals surface area contributed by atoms with Gasteiger partial charge in [0.15, 0.2) is 5.82 Å². The van der Waals surface area contributed by atoms with E-state index in [-0.39, 0.29) is 23.3 Å². The zero-order valence-corrected chi connectivity index (χ0v) is 23.0. The highest BCUT2D eigenvalue weighted by Crippen LogP contribution is 2.32. The van der Waals surface area contributed by atoms with Gasteiger partial charge < -0.3 is 30.6 Å². The summed E-state index contributed by atoms with van der Waals surface area (Å²) >= 11 is 5.46. The average Bonchev–Trinajstić information content (AvgIpc) is 3.29. The molecule has 0 unspecified atom stereocenters. The Balaban J connectivity index is 1.53. The van der Waals surface area contributed by atoms with Crippen LogP contribution < -0.4 is 11.1 Å². The number of benzene rings is 2. The standard InChI is InChI=1S/C29H36ClN5O4/c1-2-3-7-25-34-27-28(35(25)18-20-16-21(36)9-11-24(20)37)22-10-8-19(15-23(22)33-29(27)31)6-4-13-39-14-5-12-32-26(38)17-30/h8-11,15-16,36-37H,2-7,12-14,17-18H2,1H3,(H2,31,33)(H,32,38). The van der Waals surface area contributed by atoms with E-state index in [4.69, 9.17) is 27.1 Å². The monoisotopic (exact) mass is 553 g/mol. The molecule has 0 aliphatic carbocycles. The first-order chi connectivity index (χ1) is 18.9. The molecule has 2 heterocycles. The number of carbonyl (C=O) groups is 1. The second kappa shape index (κ2) is 13.5. The lowest BCUT2D eigenvalue weighted by Crippen LogP contribution is -2.26. The summed E-state index contributed by atoms with van der Waals surface area (Å²) in [6.07, 6.45) is 5.18. The zero-order chi connectivity index (χ0) is 27.8. The number of nitrogens with two attached hydrogens (primary N) is 1. The van der Waals surface area contributed by atoms with E-state index in [1.165, 1.54) is 12.1 Å². The molecule has 0 saturated carbocycles. The number of unbranched alkanes of at least 4 members (excludes halogenated alkanes) is 1. The number of halogens is 1. The van der Waals surface area contributed by atoms with Crippen LogP contribution in [0, 0.1) is 0 Å². The number of aromatic nitrogens is 3. The molecule has 4 aromatic rings. The Hall–Kier alpha value is -3.56. The maximum Gasteiger partial charge on any atom is 0.234 e. The number of anilines is 1. The number of aryl methyl sites for hydroxylation is 2. The van der Waals surface area contributed by atoms with Crippen LogP contribution in [0.25, 0.3) is 21.9 Å². The highest BCUT2D eigenvalue weighted by atomic mass is 35.5. The predicted molar refractivity (Wildman–Crippen MR) is 154 cm³/mol. The Morgan fingerprint density at radius 1 is 1.08 bits per heavy atom. The van der Waals surface area contributed by atoms with Gasteiger partial charge in [0, 0.05) is 37.1 Å². The molecule has 0 atom stereocenters. The van der Waals surface area contributed by atoms with Gasteiger partial charge >= 0.3 is 0 Å². The summed E-state index contributed by atoms with van der Waals surface area (Å²) in [5.74, 6) is 1.27. The number of hydrogen-bond donors (Lipinski definition) is 4. The number of aromatic hydroxyl groups is 2. The fraction of sp³-hybridized carbons (Fsp3) is 0.414. The molecule has 9 nitrogen and oxygen atoms in total. The number of rotatable bonds is 14. The third-order valence-electron chi connectivity index (χ3n) is 6.66. The molecule has 0 aliphatic rings. The van der Waals surface area contributed by atoms with Crippen molar-refractivity contribution < 1.29 is 19.7 Å². The largest absolute Gasteiger partial charge is 0.508 e. The van der Waals surface area contributed by atoms with Gasteiger partial charge in [-0.15, -0.1) is 11.6 Å². The van der Waals surface area contributed by atoms with E-state index in [2.05, 4.69) is 40.0 Å². The van der Waals surface area contributed by atoms with Crippen molar-refractivity contribution in [3.05, 3.63) is 53.3 Å². The zero-order valence-electron chi connectivity index (χ0n) is 22.3. The van der Waals surface area contributed by atoms with Crippen LogP contribution in [-0.4, -0.2) is 56.3 Å². The fourth-order valence-corrected chi connectivity index (χ4v) is 4.75. The van der Waals surface area contributed by atoms with E-state index in [0.29, 0.717) is 43.2 Å². The van der Waals surface area contributed by atoms with Crippen molar-refractivity contribution in [1.82, 2.24) is 19.9 Å². The Bertz CT molecular complexity index is 1440. The number of amides is 1. The van der Waals surface area contributed by atoms with Crippen molar-refractivity contribution in [3.8, 4) is 11.5 Å². The number of alkyl halides is 1. The third kappa shape index (κ3) is 7.10. The number of ether oxygens (including phenoxy) is 1. The van der Waals surface area contributed by atoms with Crippen LogP contribution in [0.3, 0.4) is 0 Å². The lowest BCUT2D eigenvalue weighted by atomic mass is 10.1. The number of carbonyl (C=O) groups excluding carboxylic acids is 1. The fourth-order valence-electron chi connectivity index (χ4n) is 4.65. The first-order valence-electron chi connectivity index (χ1n) is 13.4. The quantitative estimate of drug-likeness (QED) is 0.101. The molecule has 208 valence electrons. The van der Waals surface area contributed by atoms with E-state index >= 15 is 0 Å². The third-order valence-corrected chi connectivity index (χ3v) is 6.90. The van der Waals surface area contributed by atoms with Crippen molar-refractivity contribution in [2.24, 2.45) is 0 Å². The van der Waals surface area contributed by atoms with E-state index in [0.717, 1.165) is 66.3 Å². The molecule has 0 aliphatic heterocycles. The number of nitrogens with zero attached hydrogens (tertiary/aromatic N) is 3. The van der Waals surface area contributed by atoms with Crippen LogP contribution in [0.2, 0.25) is 0 Å². The Labute approximate surface area is 233 Å². The van der Waals surface area contributed by atoms with Crippen molar-refractivity contribution in [3.63, 3.8) is 0 Å². The minimum atomic E-state index is -0.169. The molecule has 0 radical (unpaired) electrons. The average molecular weight is 554 g/mol. The number of imidazole rings is 1. The molecule has 39 heavy (non-hydrogen) atoms. The number of hydrogen-bond acceptors (Lipinski definition) is 7. The van der Waals surface area contributed by atoms with Gasteiger partial charge in [0.25, 0.3) is 0 Å². The minimum absolute atomic E-state index is 0.0256. The number of nitrogens with one attached hydrogen (secondary N) is 1. The second-order valence-electron chi connectivity index (χ2n) is 9.63. The molecule has 1 amide bonds. The summed E-state index contributed by atoms with van der Waals surface area (Å²) in [5, 5.41) is 24.1. The van der Waals surface area contributed by atoms with Crippen molar-refractivity contribution in [2.75, 3.05) is 31.4 Å². The number of phenolic OH excluding ortho intramolecular Hbond substituents is 2. The van der Waals surface area contributed by atoms with Crippen LogP contribution in [0.1, 0.15) is 49.6 Å². The van der Waals surface area contributed by atoms with Gasteiger partial charge in [-0.1, -0.05) is 25.5 Å². The van der Waals surface area contributed by atoms with Gasteiger partial charge in [-0.25, -0.2) is 9.97 Å². The molecule has 0 spiro atoms. The van der Waals surface area contributed by atoms with Crippen molar-refractivity contribution >= 4 is 45.3 Å². The normalized spacial score (nSPS) is 11.4. The summed E-state index contributed by atoms with van der Waals surface area (Å²) in [4.78, 5) is 20.7. The summed E-state index contributed by atoms with van der Waals surface area (Å²) in [6, 6.07) is 10.8. The molecular weight excluding hydrogens is 518 g/mol. The van der Waals surface area contributed by atoms with Gasteiger partial charge in [0.2, 0.25) is 5.91 Å². The number of pyridine rings is 1. The SMILES string of the molecule is CCCCc1nc2c(N)nc3cc(CCCOCCCNC(=O)CCl)ccc3c2n1Cc1cc(O)ccc1O. The summed E-state index contributed by atoms with van der Waals surface area (Å²) in [5.41, 5.74) is 10.5. The Morgan fingerprint density at radius 2 is 1.90 bits per heavy atom. The molecule has 2 aromatic heterocycles. The van der Waals surface area contributed by atoms with Crippen molar-refractivity contribution in [1.29, 1.82) is 0 Å². The second-order valence-corrected chi connectivity index (χ2v) is 9.90. The van der Waals surface area contributed by atoms with E-state index in [1.807, 2.05) is 0 Å². The maximum atomic E-state index is 11.1. The van der Waals surface area contributed by atoms with Gasteiger partial charge in [0.1, 0.15) is 28.7 Å². The van der Waals surface area contributed by atoms with E-state index < -0.39 is 0 Å². The van der Waals surface area contributed by atoms with Crippen LogP contribution in [-0.2, 0) is 28.9 Å². The summed E-state index contributed by atoms with van der Waals surface area (Å²) < 4.78 is 7.78. The molecule has 2 aromatic carbocycles. The maximum absolute atomic E-state index is 11.1. The first-order valence-corrected chi connectivity index (χ1v) is 13.9. The summed E-state index contributed by atoms with van der Waals surface area (Å²) in [6.45, 7) is 4.24. The van der Waals surface area contributed by atoms with Gasteiger partial charge in [0.05, 0.1) is 17.6 Å². The van der Waals surface area contributed by atoms with Gasteiger partial charge in [-0.3, -0.25) is 4.79 Å². The minimum Gasteiger partial charge on any atom is -0.508 e. The van der Waals surface area contributed by atoms with Crippen LogP contribution in [0.4, 0.5) is 5.82 Å². The molecule has 0 fully saturated rings. The summed E-state index contributed by atoms with van der Waals surface area (Å²) in [7, 11) is 0. The Kier molecular flexibility index (Phi) is 9.84. The molecule has 4 rings (SSSR count). The number of phenols is 2. The smallest absolute Gasteiger partial charge is 0.234 e. The Morgan fingerprint density at radius 3 is 2.69 bits per heavy atom. The number of nitrogen functional groups attached to an aromatic ring is 1. The molecule has 10 heteroatoms. The first kappa shape index (κ1) is 28.4. The van der Waals surface area contributed by atoms with E-state index in [1.54, 1.807) is 6.07 Å². The van der Waals surface area contributed by atoms with E-state index in [9.17, 15) is 15.0 Å². The lowest BCUT2D eigenvalue weighted by Gasteiger charge is -2.13. The van der Waals surface area contributed by atoms with Crippen LogP contribution in [0.5, 0.6) is 11.5 Å². The highest BCUT2D eigenvalue weighted by Gasteiger charge is 2.19. The highest BCUT2D eigenvalue weighted by molar-refractivity contribution is 6.27. The predicted octanol–water partition coefficient (Wildman–Crippen LogP) is 4.66. The van der Waals surface area contributed by atoms with Crippen LogP contribution in [0.15, 0.2) is 36.4 Å². The topological polar surface area (TPSA) is 136 Å². The molecule has 0 bridgehead atoms. The molecule has 0 saturated heterocycles.